The maximum Gasteiger partial charge on any atom is 0.250 e. The lowest BCUT2D eigenvalue weighted by molar-refractivity contribution is -0.117. The van der Waals surface area contributed by atoms with Crippen molar-refractivity contribution in [3.05, 3.63) is 35.2 Å². The van der Waals surface area contributed by atoms with Gasteiger partial charge in [-0.1, -0.05) is 0 Å². The Hall–Kier alpha value is -1.88. The van der Waals surface area contributed by atoms with Gasteiger partial charge in [-0.3, -0.25) is 4.79 Å². The van der Waals surface area contributed by atoms with Crippen molar-refractivity contribution in [1.82, 2.24) is 5.32 Å². The highest BCUT2D eigenvalue weighted by Crippen LogP contribution is 2.26. The van der Waals surface area contributed by atoms with Gasteiger partial charge in [0.2, 0.25) is 0 Å². The molecule has 2 N–H and O–H groups in total. The van der Waals surface area contributed by atoms with Gasteiger partial charge in [0.15, 0.2) is 0 Å². The Morgan fingerprint density at radius 2 is 2.37 bits per heavy atom. The molecule has 1 aromatic rings. The van der Waals surface area contributed by atoms with Gasteiger partial charge < -0.3 is 15.2 Å². The molecule has 0 spiro atoms. The highest BCUT2D eigenvalue weighted by Gasteiger charge is 2.17. The minimum atomic E-state index is -0.452. The lowest BCUT2D eigenvalue weighted by atomic mass is 10.1. The van der Waals surface area contributed by atoms with E-state index in [1.165, 1.54) is 12.1 Å². The number of aliphatic hydroxyl groups is 1. The summed E-state index contributed by atoms with van der Waals surface area (Å²) in [5.74, 6) is -0.0492. The largest absolute Gasteiger partial charge is 0.488 e. The minimum absolute atomic E-state index is 0.166. The Labute approximate surface area is 110 Å². The van der Waals surface area contributed by atoms with Crippen molar-refractivity contribution in [1.29, 1.82) is 0 Å². The zero-order chi connectivity index (χ0) is 13.8. The van der Waals surface area contributed by atoms with Crippen LogP contribution in [0.3, 0.4) is 0 Å². The summed E-state index contributed by atoms with van der Waals surface area (Å²) in [6.45, 7) is 2.22. The number of nitrogens with one attached hydrogen (secondary N) is 1. The van der Waals surface area contributed by atoms with Crippen molar-refractivity contribution >= 4 is 12.0 Å². The average Bonchev–Trinajstić information content (AvgIpc) is 2.37. The number of carbonyl (C=O) groups is 1. The van der Waals surface area contributed by atoms with E-state index in [-0.39, 0.29) is 18.3 Å². The number of benzene rings is 1. The van der Waals surface area contributed by atoms with Crippen LogP contribution < -0.4 is 10.1 Å². The van der Waals surface area contributed by atoms with Gasteiger partial charge in [0.05, 0.1) is 11.7 Å². The normalized spacial score (nSPS) is 15.0. The smallest absolute Gasteiger partial charge is 0.250 e. The van der Waals surface area contributed by atoms with Crippen LogP contribution in [0.2, 0.25) is 0 Å². The SMILES string of the molecule is CC(O)CCNC(=O)C1=Cc2cc(F)ccc2OC1. The predicted octanol–water partition coefficient (Wildman–Crippen LogP) is 1.49. The minimum Gasteiger partial charge on any atom is -0.488 e. The molecule has 1 aliphatic heterocycles. The first-order valence-electron chi connectivity index (χ1n) is 6.15. The molecular weight excluding hydrogens is 249 g/mol. The van der Waals surface area contributed by atoms with Crippen LogP contribution in [0.1, 0.15) is 18.9 Å². The maximum atomic E-state index is 13.1. The summed E-state index contributed by atoms with van der Waals surface area (Å²) in [5.41, 5.74) is 1.01. The summed E-state index contributed by atoms with van der Waals surface area (Å²) in [4.78, 5) is 11.8. The van der Waals surface area contributed by atoms with Crippen molar-refractivity contribution in [2.75, 3.05) is 13.2 Å². The van der Waals surface area contributed by atoms with Crippen LogP contribution in [-0.4, -0.2) is 30.3 Å². The molecule has 2 rings (SSSR count). The molecule has 1 unspecified atom stereocenters. The van der Waals surface area contributed by atoms with Gasteiger partial charge in [0, 0.05) is 12.1 Å². The first-order valence-corrected chi connectivity index (χ1v) is 6.15. The summed E-state index contributed by atoms with van der Waals surface area (Å²) in [7, 11) is 0. The molecule has 0 bridgehead atoms. The molecular formula is C14H16FNO3. The zero-order valence-corrected chi connectivity index (χ0v) is 10.6. The fourth-order valence-electron chi connectivity index (χ4n) is 1.79. The third-order valence-electron chi connectivity index (χ3n) is 2.82. The summed E-state index contributed by atoms with van der Waals surface area (Å²) in [5, 5.41) is 11.8. The zero-order valence-electron chi connectivity index (χ0n) is 10.6. The number of hydrogen-bond acceptors (Lipinski definition) is 3. The predicted molar refractivity (Wildman–Crippen MR) is 69.2 cm³/mol. The van der Waals surface area contributed by atoms with Crippen molar-refractivity contribution < 1.29 is 19.0 Å². The number of hydrogen-bond donors (Lipinski definition) is 2. The molecule has 1 heterocycles. The molecule has 102 valence electrons. The molecule has 1 aromatic carbocycles. The van der Waals surface area contributed by atoms with Crippen LogP contribution in [0.15, 0.2) is 23.8 Å². The second-order valence-corrected chi connectivity index (χ2v) is 4.53. The fraction of sp³-hybridized carbons (Fsp3) is 0.357. The van der Waals surface area contributed by atoms with Crippen LogP contribution >= 0.6 is 0 Å². The Morgan fingerprint density at radius 1 is 1.58 bits per heavy atom. The molecule has 0 aromatic heterocycles. The van der Waals surface area contributed by atoms with Gasteiger partial charge in [0.1, 0.15) is 18.2 Å². The van der Waals surface area contributed by atoms with Crippen LogP contribution in [0, 0.1) is 5.82 Å². The van der Waals surface area contributed by atoms with Crippen LogP contribution in [0.5, 0.6) is 5.75 Å². The Kier molecular flexibility index (Phi) is 4.16. The molecule has 1 aliphatic rings. The molecule has 19 heavy (non-hydrogen) atoms. The number of ether oxygens (including phenoxy) is 1. The molecule has 1 atom stereocenters. The van der Waals surface area contributed by atoms with E-state index in [2.05, 4.69) is 5.32 Å². The number of carbonyl (C=O) groups excluding carboxylic acids is 1. The van der Waals surface area contributed by atoms with E-state index in [4.69, 9.17) is 9.84 Å². The van der Waals surface area contributed by atoms with Crippen LogP contribution in [0.4, 0.5) is 4.39 Å². The fourth-order valence-corrected chi connectivity index (χ4v) is 1.79. The molecule has 4 nitrogen and oxygen atoms in total. The summed E-state index contributed by atoms with van der Waals surface area (Å²) >= 11 is 0. The molecule has 5 heteroatoms. The number of rotatable bonds is 4. The average molecular weight is 265 g/mol. The first-order chi connectivity index (χ1) is 9.06. The quantitative estimate of drug-likeness (QED) is 0.867. The Bertz CT molecular complexity index is 511. The monoisotopic (exact) mass is 265 g/mol. The molecule has 0 radical (unpaired) electrons. The van der Waals surface area contributed by atoms with Gasteiger partial charge in [0.25, 0.3) is 5.91 Å². The lowest BCUT2D eigenvalue weighted by Gasteiger charge is -2.17. The van der Waals surface area contributed by atoms with E-state index in [0.29, 0.717) is 29.9 Å². The van der Waals surface area contributed by atoms with E-state index < -0.39 is 6.10 Å². The topological polar surface area (TPSA) is 58.6 Å². The molecule has 0 aliphatic carbocycles. The maximum absolute atomic E-state index is 13.1. The van der Waals surface area contributed by atoms with Gasteiger partial charge in [-0.15, -0.1) is 0 Å². The van der Waals surface area contributed by atoms with Gasteiger partial charge in [-0.05, 0) is 37.6 Å². The number of fused-ring (bicyclic) bond motifs is 1. The molecule has 0 fully saturated rings. The first kappa shape index (κ1) is 13.5. The molecule has 0 saturated heterocycles. The second kappa shape index (κ2) is 5.84. The number of amides is 1. The van der Waals surface area contributed by atoms with Crippen molar-refractivity contribution in [3.8, 4) is 5.75 Å². The highest BCUT2D eigenvalue weighted by molar-refractivity contribution is 5.99. The number of halogens is 1. The van der Waals surface area contributed by atoms with Gasteiger partial charge >= 0.3 is 0 Å². The molecule has 1 amide bonds. The van der Waals surface area contributed by atoms with E-state index in [1.54, 1.807) is 19.1 Å². The second-order valence-electron chi connectivity index (χ2n) is 4.53. The van der Waals surface area contributed by atoms with Gasteiger partial charge in [-0.25, -0.2) is 4.39 Å². The van der Waals surface area contributed by atoms with E-state index >= 15 is 0 Å². The van der Waals surface area contributed by atoms with E-state index in [0.717, 1.165) is 0 Å². The van der Waals surface area contributed by atoms with Crippen LogP contribution in [0.25, 0.3) is 6.08 Å². The van der Waals surface area contributed by atoms with Crippen LogP contribution in [-0.2, 0) is 4.79 Å². The van der Waals surface area contributed by atoms with E-state index in [9.17, 15) is 9.18 Å². The summed E-state index contributed by atoms with van der Waals surface area (Å²) in [6.07, 6.45) is 1.66. The third kappa shape index (κ3) is 3.54. The van der Waals surface area contributed by atoms with Crippen molar-refractivity contribution in [2.24, 2.45) is 0 Å². The standard InChI is InChI=1S/C14H16FNO3/c1-9(17)4-5-16-14(18)11-6-10-7-12(15)2-3-13(10)19-8-11/h2-3,6-7,9,17H,4-5,8H2,1H3,(H,16,18). The van der Waals surface area contributed by atoms with E-state index in [1.807, 2.05) is 0 Å². The van der Waals surface area contributed by atoms with Crippen molar-refractivity contribution in [2.45, 2.75) is 19.4 Å². The molecule has 0 saturated carbocycles. The highest BCUT2D eigenvalue weighted by atomic mass is 19.1. The third-order valence-corrected chi connectivity index (χ3v) is 2.82. The Morgan fingerprint density at radius 3 is 3.11 bits per heavy atom. The van der Waals surface area contributed by atoms with Gasteiger partial charge in [-0.2, -0.15) is 0 Å². The number of aliphatic hydroxyl groups excluding tert-OH is 1. The Balaban J connectivity index is 2.03. The summed E-state index contributed by atoms with van der Waals surface area (Å²) in [6, 6.07) is 4.20. The lowest BCUT2D eigenvalue weighted by Crippen LogP contribution is -2.30. The summed E-state index contributed by atoms with van der Waals surface area (Å²) < 4.78 is 18.5. The van der Waals surface area contributed by atoms with Crippen molar-refractivity contribution in [3.63, 3.8) is 0 Å².